The van der Waals surface area contributed by atoms with Crippen molar-refractivity contribution in [3.63, 3.8) is 0 Å². The van der Waals surface area contributed by atoms with Gasteiger partial charge in [-0.1, -0.05) is 12.5 Å². The molecule has 16 heavy (non-hydrogen) atoms. The first-order chi connectivity index (χ1) is 7.70. The van der Waals surface area contributed by atoms with Gasteiger partial charge in [0.2, 0.25) is 0 Å². The van der Waals surface area contributed by atoms with E-state index in [0.29, 0.717) is 0 Å². The second-order valence-corrected chi connectivity index (χ2v) is 4.90. The molecule has 1 aliphatic carbocycles. The minimum absolute atomic E-state index is 0.889. The summed E-state index contributed by atoms with van der Waals surface area (Å²) in [7, 11) is 0. The smallest absolute Gasteiger partial charge is 0.0600 e. The van der Waals surface area contributed by atoms with Crippen LogP contribution in [-0.2, 0) is 0 Å². The van der Waals surface area contributed by atoms with Crippen molar-refractivity contribution in [2.45, 2.75) is 33.1 Å². The number of benzene rings is 1. The van der Waals surface area contributed by atoms with Crippen molar-refractivity contribution in [1.29, 1.82) is 0 Å². The Hall–Kier alpha value is -1.18. The molecule has 0 atom stereocenters. The summed E-state index contributed by atoms with van der Waals surface area (Å²) in [5.41, 5.74) is 9.45. The van der Waals surface area contributed by atoms with Crippen LogP contribution in [0.3, 0.4) is 0 Å². The number of nitrogen functional groups attached to an aromatic ring is 1. The van der Waals surface area contributed by atoms with Crippen molar-refractivity contribution in [1.82, 2.24) is 0 Å². The molecule has 0 saturated heterocycles. The van der Waals surface area contributed by atoms with Crippen LogP contribution >= 0.6 is 0 Å². The maximum atomic E-state index is 6.09. The first kappa shape index (κ1) is 11.3. The number of rotatable bonds is 4. The lowest BCUT2D eigenvalue weighted by Crippen LogP contribution is -2.32. The van der Waals surface area contributed by atoms with Crippen LogP contribution in [-0.4, -0.2) is 13.1 Å². The fraction of sp³-hybridized carbons (Fsp3) is 0.571. The molecule has 0 aromatic heterocycles. The zero-order valence-corrected chi connectivity index (χ0v) is 10.4. The predicted octanol–water partition coefficient (Wildman–Crippen LogP) is 3.20. The Morgan fingerprint density at radius 2 is 2.12 bits per heavy atom. The summed E-state index contributed by atoms with van der Waals surface area (Å²) < 4.78 is 0. The number of hydrogen-bond donors (Lipinski definition) is 1. The Bertz CT molecular complexity index is 356. The third kappa shape index (κ3) is 2.31. The zero-order chi connectivity index (χ0) is 11.5. The first-order valence-corrected chi connectivity index (χ1v) is 6.31. The van der Waals surface area contributed by atoms with Crippen molar-refractivity contribution < 1.29 is 0 Å². The average Bonchev–Trinajstić information content (AvgIpc) is 2.18. The lowest BCUT2D eigenvalue weighted by atomic mass is 9.85. The molecule has 0 aliphatic heterocycles. The average molecular weight is 218 g/mol. The van der Waals surface area contributed by atoms with E-state index < -0.39 is 0 Å². The molecule has 88 valence electrons. The minimum Gasteiger partial charge on any atom is -0.397 e. The number of nitrogens with two attached hydrogens (primary N) is 1. The standard InChI is InChI=1S/C14H22N2/c1-3-16(10-12-5-4-6-12)14-8-7-11(2)9-13(14)15/h7-9,12H,3-6,10,15H2,1-2H3. The Morgan fingerprint density at radius 3 is 2.62 bits per heavy atom. The predicted molar refractivity (Wildman–Crippen MR) is 70.8 cm³/mol. The van der Waals surface area contributed by atoms with E-state index in [4.69, 9.17) is 5.73 Å². The molecular formula is C14H22N2. The van der Waals surface area contributed by atoms with E-state index in [9.17, 15) is 0 Å². The van der Waals surface area contributed by atoms with Crippen LogP contribution in [0.2, 0.25) is 0 Å². The fourth-order valence-corrected chi connectivity index (χ4v) is 2.35. The molecule has 0 amide bonds. The monoisotopic (exact) mass is 218 g/mol. The molecule has 1 aromatic rings. The van der Waals surface area contributed by atoms with Gasteiger partial charge < -0.3 is 10.6 Å². The summed E-state index contributed by atoms with van der Waals surface area (Å²) in [6.07, 6.45) is 4.19. The van der Waals surface area contributed by atoms with E-state index in [1.807, 2.05) is 0 Å². The Labute approximate surface area is 98.4 Å². The molecule has 0 unspecified atom stereocenters. The minimum atomic E-state index is 0.889. The van der Waals surface area contributed by atoms with Gasteiger partial charge >= 0.3 is 0 Å². The number of anilines is 2. The van der Waals surface area contributed by atoms with Gasteiger partial charge in [-0.15, -0.1) is 0 Å². The molecule has 0 spiro atoms. The summed E-state index contributed by atoms with van der Waals surface area (Å²) in [6.45, 7) is 6.51. The van der Waals surface area contributed by atoms with Gasteiger partial charge in [0.1, 0.15) is 0 Å². The van der Waals surface area contributed by atoms with Crippen LogP contribution in [0, 0.1) is 12.8 Å². The molecule has 2 heteroatoms. The molecule has 1 fully saturated rings. The highest BCUT2D eigenvalue weighted by Crippen LogP contribution is 2.31. The van der Waals surface area contributed by atoms with Crippen LogP contribution in [0.25, 0.3) is 0 Å². The van der Waals surface area contributed by atoms with E-state index in [0.717, 1.165) is 18.2 Å². The maximum absolute atomic E-state index is 6.09. The second kappa shape index (κ2) is 4.77. The molecule has 2 N–H and O–H groups in total. The van der Waals surface area contributed by atoms with Crippen LogP contribution in [0.15, 0.2) is 18.2 Å². The van der Waals surface area contributed by atoms with Crippen molar-refractivity contribution in [2.24, 2.45) is 5.92 Å². The van der Waals surface area contributed by atoms with E-state index in [-0.39, 0.29) is 0 Å². The summed E-state index contributed by atoms with van der Waals surface area (Å²) >= 11 is 0. The highest BCUT2D eigenvalue weighted by molar-refractivity contribution is 5.68. The molecule has 2 rings (SSSR count). The van der Waals surface area contributed by atoms with Crippen LogP contribution in [0.5, 0.6) is 0 Å². The number of aryl methyl sites for hydroxylation is 1. The Kier molecular flexibility index (Phi) is 3.37. The van der Waals surface area contributed by atoms with Gasteiger partial charge in [0.15, 0.2) is 0 Å². The van der Waals surface area contributed by atoms with Gasteiger partial charge in [-0.3, -0.25) is 0 Å². The third-order valence-electron chi connectivity index (χ3n) is 3.61. The molecule has 1 saturated carbocycles. The van der Waals surface area contributed by atoms with Gasteiger partial charge in [-0.2, -0.15) is 0 Å². The van der Waals surface area contributed by atoms with Gasteiger partial charge in [-0.05, 0) is 50.3 Å². The fourth-order valence-electron chi connectivity index (χ4n) is 2.35. The number of hydrogen-bond acceptors (Lipinski definition) is 2. The summed E-state index contributed by atoms with van der Waals surface area (Å²) in [5, 5.41) is 0. The van der Waals surface area contributed by atoms with Crippen LogP contribution in [0.4, 0.5) is 11.4 Å². The number of nitrogens with zero attached hydrogens (tertiary/aromatic N) is 1. The highest BCUT2D eigenvalue weighted by Gasteiger charge is 2.20. The van der Waals surface area contributed by atoms with E-state index in [1.54, 1.807) is 0 Å². The summed E-state index contributed by atoms with van der Waals surface area (Å²) in [4.78, 5) is 2.42. The highest BCUT2D eigenvalue weighted by atomic mass is 15.1. The summed E-state index contributed by atoms with van der Waals surface area (Å²) in [5.74, 6) is 0.889. The molecule has 0 bridgehead atoms. The van der Waals surface area contributed by atoms with Gasteiger partial charge in [0.05, 0.1) is 11.4 Å². The lowest BCUT2D eigenvalue weighted by molar-refractivity contribution is 0.318. The van der Waals surface area contributed by atoms with Crippen molar-refractivity contribution >= 4 is 11.4 Å². The van der Waals surface area contributed by atoms with Gasteiger partial charge in [0, 0.05) is 13.1 Å². The quantitative estimate of drug-likeness (QED) is 0.786. The molecule has 1 aromatic carbocycles. The molecule has 1 aliphatic rings. The van der Waals surface area contributed by atoms with E-state index in [2.05, 4.69) is 36.9 Å². The van der Waals surface area contributed by atoms with Crippen molar-refractivity contribution in [3.8, 4) is 0 Å². The first-order valence-electron chi connectivity index (χ1n) is 6.31. The lowest BCUT2D eigenvalue weighted by Gasteiger charge is -2.33. The maximum Gasteiger partial charge on any atom is 0.0600 e. The van der Waals surface area contributed by atoms with E-state index >= 15 is 0 Å². The topological polar surface area (TPSA) is 29.3 Å². The third-order valence-corrected chi connectivity index (χ3v) is 3.61. The molecule has 0 radical (unpaired) electrons. The Balaban J connectivity index is 2.11. The molecule has 0 heterocycles. The van der Waals surface area contributed by atoms with Crippen molar-refractivity contribution in [3.05, 3.63) is 23.8 Å². The van der Waals surface area contributed by atoms with Gasteiger partial charge in [-0.25, -0.2) is 0 Å². The molecular weight excluding hydrogens is 196 g/mol. The largest absolute Gasteiger partial charge is 0.397 e. The SMILES string of the molecule is CCN(CC1CCC1)c1ccc(C)cc1N. The second-order valence-electron chi connectivity index (χ2n) is 4.90. The summed E-state index contributed by atoms with van der Waals surface area (Å²) in [6, 6.07) is 6.38. The van der Waals surface area contributed by atoms with Gasteiger partial charge in [0.25, 0.3) is 0 Å². The Morgan fingerprint density at radius 1 is 1.38 bits per heavy atom. The van der Waals surface area contributed by atoms with Crippen molar-refractivity contribution in [2.75, 3.05) is 23.7 Å². The van der Waals surface area contributed by atoms with Crippen LogP contribution in [0.1, 0.15) is 31.7 Å². The zero-order valence-electron chi connectivity index (χ0n) is 10.4. The van der Waals surface area contributed by atoms with Crippen LogP contribution < -0.4 is 10.6 Å². The van der Waals surface area contributed by atoms with E-state index in [1.165, 1.54) is 37.1 Å². The molecule has 2 nitrogen and oxygen atoms in total. The normalized spacial score (nSPS) is 15.9.